The SMILES string of the molecule is CC.Cc1ccccc1C(Cl)NNS(=O)(=O)c1ccccc1. The van der Waals surface area contributed by atoms with Crippen LogP contribution >= 0.6 is 11.6 Å². The molecule has 1 atom stereocenters. The molecule has 0 amide bonds. The molecule has 0 saturated carbocycles. The number of alkyl halides is 1. The van der Waals surface area contributed by atoms with Gasteiger partial charge in [-0.15, -0.1) is 4.83 Å². The van der Waals surface area contributed by atoms with E-state index in [-0.39, 0.29) is 4.90 Å². The minimum atomic E-state index is -3.62. The summed E-state index contributed by atoms with van der Waals surface area (Å²) in [5.74, 6) is 0. The predicted octanol–water partition coefficient (Wildman–Crippen LogP) is 3.74. The third-order valence-corrected chi connectivity index (χ3v) is 4.46. The highest BCUT2D eigenvalue weighted by atomic mass is 35.5. The lowest BCUT2D eigenvalue weighted by Crippen LogP contribution is -2.38. The molecule has 0 spiro atoms. The smallest absolute Gasteiger partial charge is 0.222 e. The van der Waals surface area contributed by atoms with Gasteiger partial charge in [0.25, 0.3) is 10.0 Å². The zero-order valence-corrected chi connectivity index (χ0v) is 14.4. The average Bonchev–Trinajstić information content (AvgIpc) is 2.56. The van der Waals surface area contributed by atoms with E-state index < -0.39 is 15.5 Å². The lowest BCUT2D eigenvalue weighted by molar-refractivity contribution is 0.549. The molecule has 0 aliphatic carbocycles. The van der Waals surface area contributed by atoms with Crippen LogP contribution in [-0.4, -0.2) is 8.42 Å². The number of sulfonamides is 1. The summed E-state index contributed by atoms with van der Waals surface area (Å²) in [7, 11) is -3.62. The first kappa shape index (κ1) is 18.6. The van der Waals surface area contributed by atoms with Gasteiger partial charge in [-0.2, -0.15) is 0 Å². The Kier molecular flexibility index (Phi) is 7.55. The van der Waals surface area contributed by atoms with Crippen molar-refractivity contribution in [2.45, 2.75) is 31.2 Å². The molecule has 0 aliphatic rings. The Hall–Kier alpha value is -1.40. The second kappa shape index (κ2) is 8.90. The highest BCUT2D eigenvalue weighted by molar-refractivity contribution is 7.89. The molecular weight excluding hydrogens is 320 g/mol. The predicted molar refractivity (Wildman–Crippen MR) is 91.0 cm³/mol. The molecule has 1 unspecified atom stereocenters. The lowest BCUT2D eigenvalue weighted by Gasteiger charge is -2.15. The van der Waals surface area contributed by atoms with Gasteiger partial charge in [0.1, 0.15) is 5.50 Å². The summed E-state index contributed by atoms with van der Waals surface area (Å²) in [6, 6.07) is 15.6. The van der Waals surface area contributed by atoms with Gasteiger partial charge >= 0.3 is 0 Å². The van der Waals surface area contributed by atoms with Crippen LogP contribution in [0, 0.1) is 6.92 Å². The molecule has 6 heteroatoms. The third-order valence-electron chi connectivity index (χ3n) is 2.84. The molecule has 0 radical (unpaired) electrons. The Bertz CT molecular complexity index is 676. The van der Waals surface area contributed by atoms with Gasteiger partial charge in [0.05, 0.1) is 4.90 Å². The molecule has 0 aromatic heterocycles. The van der Waals surface area contributed by atoms with E-state index >= 15 is 0 Å². The van der Waals surface area contributed by atoms with Crippen molar-refractivity contribution in [3.05, 3.63) is 65.7 Å². The Morgan fingerprint density at radius 3 is 2.09 bits per heavy atom. The number of hydrogen-bond donors (Lipinski definition) is 2. The maximum Gasteiger partial charge on any atom is 0.253 e. The summed E-state index contributed by atoms with van der Waals surface area (Å²) in [4.78, 5) is 2.47. The molecule has 0 fully saturated rings. The van der Waals surface area contributed by atoms with Crippen LogP contribution in [0.5, 0.6) is 0 Å². The van der Waals surface area contributed by atoms with Crippen LogP contribution in [0.2, 0.25) is 0 Å². The van der Waals surface area contributed by atoms with Gasteiger partial charge in [0, 0.05) is 0 Å². The Morgan fingerprint density at radius 1 is 0.955 bits per heavy atom. The third kappa shape index (κ3) is 5.10. The van der Waals surface area contributed by atoms with Crippen LogP contribution < -0.4 is 10.3 Å². The number of aryl methyl sites for hydroxylation is 1. The van der Waals surface area contributed by atoms with Gasteiger partial charge in [-0.25, -0.2) is 13.8 Å². The molecule has 0 heterocycles. The number of benzene rings is 2. The summed E-state index contributed by atoms with van der Waals surface area (Å²) in [6.07, 6.45) is 0. The topological polar surface area (TPSA) is 58.2 Å². The molecule has 4 nitrogen and oxygen atoms in total. The van der Waals surface area contributed by atoms with Crippen LogP contribution in [0.3, 0.4) is 0 Å². The number of rotatable bonds is 5. The van der Waals surface area contributed by atoms with Crippen LogP contribution in [0.15, 0.2) is 59.5 Å². The molecule has 0 saturated heterocycles. The summed E-state index contributed by atoms with van der Waals surface area (Å²) in [6.45, 7) is 5.91. The Labute approximate surface area is 137 Å². The molecule has 22 heavy (non-hydrogen) atoms. The standard InChI is InChI=1S/C14H15ClN2O2S.C2H6/c1-11-7-5-6-10-13(11)14(15)16-17-20(18,19)12-8-3-2-4-9-12;1-2/h2-10,14,16-17H,1H3;1-2H3. The van der Waals surface area contributed by atoms with Crippen LogP contribution in [0.25, 0.3) is 0 Å². The van der Waals surface area contributed by atoms with Crippen LogP contribution in [0.4, 0.5) is 0 Å². The van der Waals surface area contributed by atoms with Crippen molar-refractivity contribution in [2.75, 3.05) is 0 Å². The molecule has 2 rings (SSSR count). The Balaban J connectivity index is 0.00000116. The average molecular weight is 341 g/mol. The van der Waals surface area contributed by atoms with E-state index in [4.69, 9.17) is 11.6 Å². The normalized spacial score (nSPS) is 12.2. The fourth-order valence-electron chi connectivity index (χ4n) is 1.74. The number of nitrogens with one attached hydrogen (secondary N) is 2. The van der Waals surface area contributed by atoms with Crippen molar-refractivity contribution < 1.29 is 8.42 Å². The van der Waals surface area contributed by atoms with Crippen molar-refractivity contribution in [3.63, 3.8) is 0 Å². The van der Waals surface area contributed by atoms with E-state index in [0.717, 1.165) is 11.1 Å². The summed E-state index contributed by atoms with van der Waals surface area (Å²) in [5, 5.41) is 0. The van der Waals surface area contributed by atoms with Gasteiger partial charge in [-0.3, -0.25) is 0 Å². The van der Waals surface area contributed by atoms with E-state index in [2.05, 4.69) is 10.3 Å². The summed E-state index contributed by atoms with van der Waals surface area (Å²) in [5.41, 5.74) is 3.77. The summed E-state index contributed by atoms with van der Waals surface area (Å²) < 4.78 is 24.0. The van der Waals surface area contributed by atoms with Gasteiger partial charge in [-0.1, -0.05) is 67.9 Å². The number of halogens is 1. The highest BCUT2D eigenvalue weighted by Crippen LogP contribution is 2.20. The van der Waals surface area contributed by atoms with Gasteiger partial charge in [-0.05, 0) is 30.2 Å². The number of hydrazine groups is 1. The first-order chi connectivity index (χ1) is 10.5. The molecule has 0 bridgehead atoms. The maximum absolute atomic E-state index is 12.0. The minimum absolute atomic E-state index is 0.182. The molecular formula is C16H21ClN2O2S. The fourth-order valence-corrected chi connectivity index (χ4v) is 3.01. The first-order valence-electron chi connectivity index (χ1n) is 7.03. The first-order valence-corrected chi connectivity index (χ1v) is 8.94. The fraction of sp³-hybridized carbons (Fsp3) is 0.250. The van der Waals surface area contributed by atoms with Crippen molar-refractivity contribution in [1.29, 1.82) is 0 Å². The quantitative estimate of drug-likeness (QED) is 0.495. The monoisotopic (exact) mass is 340 g/mol. The molecule has 120 valence electrons. The van der Waals surface area contributed by atoms with Crippen LogP contribution in [0.1, 0.15) is 30.5 Å². The second-order valence-electron chi connectivity index (χ2n) is 4.28. The van der Waals surface area contributed by atoms with E-state index in [9.17, 15) is 8.42 Å². The Morgan fingerprint density at radius 2 is 1.50 bits per heavy atom. The number of hydrogen-bond acceptors (Lipinski definition) is 3. The zero-order chi connectivity index (χ0) is 16.6. The molecule has 2 N–H and O–H groups in total. The second-order valence-corrected chi connectivity index (χ2v) is 6.40. The largest absolute Gasteiger partial charge is 0.253 e. The van der Waals surface area contributed by atoms with Crippen molar-refractivity contribution >= 4 is 21.6 Å². The van der Waals surface area contributed by atoms with Gasteiger partial charge in [0.2, 0.25) is 0 Å². The van der Waals surface area contributed by atoms with Crippen LogP contribution in [-0.2, 0) is 10.0 Å². The van der Waals surface area contributed by atoms with Crippen molar-refractivity contribution in [3.8, 4) is 0 Å². The van der Waals surface area contributed by atoms with Gasteiger partial charge in [0.15, 0.2) is 0 Å². The minimum Gasteiger partial charge on any atom is -0.222 e. The molecule has 0 aliphatic heterocycles. The lowest BCUT2D eigenvalue weighted by atomic mass is 10.1. The highest BCUT2D eigenvalue weighted by Gasteiger charge is 2.16. The van der Waals surface area contributed by atoms with Gasteiger partial charge < -0.3 is 0 Å². The van der Waals surface area contributed by atoms with E-state index in [1.807, 2.05) is 45.0 Å². The molecule has 2 aromatic carbocycles. The van der Waals surface area contributed by atoms with E-state index in [1.54, 1.807) is 18.2 Å². The zero-order valence-electron chi connectivity index (χ0n) is 12.9. The summed E-state index contributed by atoms with van der Waals surface area (Å²) >= 11 is 6.17. The maximum atomic E-state index is 12.0. The van der Waals surface area contributed by atoms with E-state index in [1.165, 1.54) is 12.1 Å². The van der Waals surface area contributed by atoms with Crippen molar-refractivity contribution in [2.24, 2.45) is 0 Å². The van der Waals surface area contributed by atoms with Crippen molar-refractivity contribution in [1.82, 2.24) is 10.3 Å². The van der Waals surface area contributed by atoms with E-state index in [0.29, 0.717) is 0 Å². The molecule has 2 aromatic rings.